The van der Waals surface area contributed by atoms with Gasteiger partial charge in [0.15, 0.2) is 0 Å². The Bertz CT molecular complexity index is 1480. The van der Waals surface area contributed by atoms with Gasteiger partial charge in [-0.05, 0) is 91.6 Å². The van der Waals surface area contributed by atoms with Crippen LogP contribution < -0.4 is 9.80 Å². The highest BCUT2D eigenvalue weighted by Gasteiger charge is 2.22. The first-order valence-electron chi connectivity index (χ1n) is 31.8. The highest BCUT2D eigenvalue weighted by Crippen LogP contribution is 2.38. The summed E-state index contributed by atoms with van der Waals surface area (Å²) in [5.41, 5.74) is 10.1. The molecule has 0 saturated carbocycles. The van der Waals surface area contributed by atoms with Crippen molar-refractivity contribution >= 4 is 11.4 Å². The van der Waals surface area contributed by atoms with E-state index in [0.29, 0.717) is 0 Å². The molecule has 0 spiro atoms. The van der Waals surface area contributed by atoms with Gasteiger partial charge in [0.05, 0.1) is 0 Å². The standard InChI is InChI=1S/C69H118N2/c1-7-11-15-19-23-27-31-35-39-46-56-70(57-47-40-36-32-28-24-20-16-12-8-2)65-52-54-67(62(5)60-65)69(64-50-44-43-45-51-64)68-55-53-66(61-63(68)6)71(58-48-41-37-33-29-25-21-17-13-9-3)59-49-42-38-34-30-26-22-18-14-10-4/h43-45,50-55,60-61,69H,7-42,46-49,56-59H2,1-6H3. The maximum atomic E-state index is 2.77. The van der Waals surface area contributed by atoms with Gasteiger partial charge in [0, 0.05) is 43.5 Å². The van der Waals surface area contributed by atoms with E-state index in [4.69, 9.17) is 0 Å². The lowest BCUT2D eigenvalue weighted by molar-refractivity contribution is 0.543. The zero-order valence-electron chi connectivity index (χ0n) is 48.4. The Morgan fingerprint density at radius 3 is 0.761 bits per heavy atom. The van der Waals surface area contributed by atoms with Crippen LogP contribution in [0.2, 0.25) is 0 Å². The van der Waals surface area contributed by atoms with Gasteiger partial charge in [0.1, 0.15) is 0 Å². The minimum Gasteiger partial charge on any atom is -0.372 e. The zero-order valence-corrected chi connectivity index (χ0v) is 48.4. The number of anilines is 2. The van der Waals surface area contributed by atoms with Gasteiger partial charge >= 0.3 is 0 Å². The fourth-order valence-electron chi connectivity index (χ4n) is 11.4. The van der Waals surface area contributed by atoms with Gasteiger partial charge in [-0.1, -0.05) is 301 Å². The minimum atomic E-state index is 0.217. The lowest BCUT2D eigenvalue weighted by Gasteiger charge is -2.29. The molecule has 0 unspecified atom stereocenters. The highest BCUT2D eigenvalue weighted by atomic mass is 15.1. The summed E-state index contributed by atoms with van der Waals surface area (Å²) in [6.07, 6.45) is 55.8. The summed E-state index contributed by atoms with van der Waals surface area (Å²) in [5.74, 6) is 0.217. The third kappa shape index (κ3) is 29.1. The molecule has 0 bridgehead atoms. The molecule has 0 aliphatic heterocycles. The fraction of sp³-hybridized carbons (Fsp3) is 0.739. The van der Waals surface area contributed by atoms with Crippen molar-refractivity contribution in [1.29, 1.82) is 0 Å². The second-order valence-electron chi connectivity index (χ2n) is 22.6. The minimum absolute atomic E-state index is 0.217. The maximum Gasteiger partial charge on any atom is 0.0369 e. The van der Waals surface area contributed by atoms with Crippen molar-refractivity contribution in [2.75, 3.05) is 36.0 Å². The number of rotatable bonds is 49. The third-order valence-electron chi connectivity index (χ3n) is 16.1. The molecule has 71 heavy (non-hydrogen) atoms. The molecule has 0 N–H and O–H groups in total. The second kappa shape index (κ2) is 43.6. The smallest absolute Gasteiger partial charge is 0.0369 e. The molecular weight excluding hydrogens is 857 g/mol. The first kappa shape index (κ1) is 62.6. The van der Waals surface area contributed by atoms with Crippen LogP contribution in [0.1, 0.15) is 318 Å². The van der Waals surface area contributed by atoms with Gasteiger partial charge in [0.2, 0.25) is 0 Å². The van der Waals surface area contributed by atoms with E-state index >= 15 is 0 Å². The number of unbranched alkanes of at least 4 members (excludes halogenated alkanes) is 36. The van der Waals surface area contributed by atoms with Crippen molar-refractivity contribution in [3.63, 3.8) is 0 Å². The molecule has 0 fully saturated rings. The van der Waals surface area contributed by atoms with Gasteiger partial charge in [-0.2, -0.15) is 0 Å². The van der Waals surface area contributed by atoms with E-state index in [0.717, 1.165) is 0 Å². The summed E-state index contributed by atoms with van der Waals surface area (Å²) < 4.78 is 0. The van der Waals surface area contributed by atoms with Crippen LogP contribution in [0.15, 0.2) is 66.7 Å². The number of hydrogen-bond acceptors (Lipinski definition) is 2. The van der Waals surface area contributed by atoms with Crippen LogP contribution in [0.4, 0.5) is 11.4 Å². The average Bonchev–Trinajstić information content (AvgIpc) is 3.38. The van der Waals surface area contributed by atoms with E-state index in [1.807, 2.05) is 0 Å². The molecule has 0 aromatic heterocycles. The average molecular weight is 976 g/mol. The molecule has 0 radical (unpaired) electrons. The Morgan fingerprint density at radius 2 is 0.521 bits per heavy atom. The number of benzene rings is 3. The second-order valence-corrected chi connectivity index (χ2v) is 22.6. The van der Waals surface area contributed by atoms with Crippen LogP contribution in [0.5, 0.6) is 0 Å². The molecule has 0 amide bonds. The number of nitrogens with zero attached hydrogens (tertiary/aromatic N) is 2. The first-order valence-corrected chi connectivity index (χ1v) is 31.8. The van der Waals surface area contributed by atoms with E-state index in [9.17, 15) is 0 Å². The van der Waals surface area contributed by atoms with Crippen molar-refractivity contribution in [3.8, 4) is 0 Å². The molecule has 0 heterocycles. The van der Waals surface area contributed by atoms with Gasteiger partial charge < -0.3 is 9.80 Å². The monoisotopic (exact) mass is 975 g/mol. The van der Waals surface area contributed by atoms with Crippen molar-refractivity contribution in [1.82, 2.24) is 0 Å². The topological polar surface area (TPSA) is 6.48 Å². The summed E-state index contributed by atoms with van der Waals surface area (Å²) in [5, 5.41) is 0. The number of hydrogen-bond donors (Lipinski definition) is 0. The molecule has 3 rings (SSSR count). The molecule has 0 aliphatic carbocycles. The summed E-state index contributed by atoms with van der Waals surface area (Å²) in [7, 11) is 0. The summed E-state index contributed by atoms with van der Waals surface area (Å²) in [4.78, 5) is 5.53. The predicted octanol–water partition coefficient (Wildman–Crippen LogP) is 22.8. The molecule has 3 aromatic carbocycles. The Morgan fingerprint density at radius 1 is 0.282 bits per heavy atom. The van der Waals surface area contributed by atoms with Gasteiger partial charge in [0.25, 0.3) is 0 Å². The summed E-state index contributed by atoms with van der Waals surface area (Å²) in [6, 6.07) is 26.6. The largest absolute Gasteiger partial charge is 0.372 e. The van der Waals surface area contributed by atoms with Crippen molar-refractivity contribution in [2.24, 2.45) is 0 Å². The SMILES string of the molecule is CCCCCCCCCCCCN(CCCCCCCCCCCC)c1ccc(C(c2ccccc2)c2ccc(N(CCCCCCCCCCCC)CCCCCCCCCCCC)cc2C)c(C)c1. The maximum absolute atomic E-state index is 2.77. The molecule has 2 heteroatoms. The molecule has 0 atom stereocenters. The zero-order chi connectivity index (χ0) is 50.7. The summed E-state index contributed by atoms with van der Waals surface area (Å²) in [6.45, 7) is 18.8. The van der Waals surface area contributed by atoms with Crippen molar-refractivity contribution in [2.45, 2.75) is 304 Å². The fourth-order valence-corrected chi connectivity index (χ4v) is 11.4. The van der Waals surface area contributed by atoms with Crippen molar-refractivity contribution < 1.29 is 0 Å². The molecule has 0 saturated heterocycles. The van der Waals surface area contributed by atoms with Crippen LogP contribution in [0, 0.1) is 13.8 Å². The van der Waals surface area contributed by atoms with Crippen LogP contribution in [-0.4, -0.2) is 26.2 Å². The van der Waals surface area contributed by atoms with Crippen LogP contribution in [-0.2, 0) is 0 Å². The van der Waals surface area contributed by atoms with E-state index in [1.165, 1.54) is 322 Å². The molecule has 2 nitrogen and oxygen atoms in total. The van der Waals surface area contributed by atoms with E-state index in [2.05, 4.69) is 118 Å². The van der Waals surface area contributed by atoms with Crippen LogP contribution >= 0.6 is 0 Å². The third-order valence-corrected chi connectivity index (χ3v) is 16.1. The highest BCUT2D eigenvalue weighted by molar-refractivity contribution is 5.58. The van der Waals surface area contributed by atoms with Gasteiger partial charge in [-0.3, -0.25) is 0 Å². The molecule has 404 valence electrons. The van der Waals surface area contributed by atoms with E-state index in [-0.39, 0.29) is 5.92 Å². The molecule has 0 aliphatic rings. The lowest BCUT2D eigenvalue weighted by Crippen LogP contribution is -2.26. The van der Waals surface area contributed by atoms with Crippen LogP contribution in [0.3, 0.4) is 0 Å². The molecule has 3 aromatic rings. The Kier molecular flexibility index (Phi) is 38.4. The Balaban J connectivity index is 1.75. The lowest BCUT2D eigenvalue weighted by atomic mass is 9.81. The first-order chi connectivity index (χ1) is 35.0. The van der Waals surface area contributed by atoms with E-state index < -0.39 is 0 Å². The normalized spacial score (nSPS) is 11.6. The van der Waals surface area contributed by atoms with Crippen LogP contribution in [0.25, 0.3) is 0 Å². The van der Waals surface area contributed by atoms with Gasteiger partial charge in [-0.25, -0.2) is 0 Å². The quantitative estimate of drug-likeness (QED) is 0.0411. The molecular formula is C69H118N2. The summed E-state index contributed by atoms with van der Waals surface area (Å²) >= 11 is 0. The number of aryl methyl sites for hydroxylation is 2. The van der Waals surface area contributed by atoms with Crippen molar-refractivity contribution in [3.05, 3.63) is 94.5 Å². The Labute approximate surface area is 444 Å². The predicted molar refractivity (Wildman–Crippen MR) is 322 cm³/mol. The van der Waals surface area contributed by atoms with Gasteiger partial charge in [-0.15, -0.1) is 0 Å². The Hall–Kier alpha value is -2.74. The van der Waals surface area contributed by atoms with E-state index in [1.54, 1.807) is 0 Å².